The minimum Gasteiger partial charge on any atom is -0.494 e. The zero-order chi connectivity index (χ0) is 16.7. The lowest BCUT2D eigenvalue weighted by Crippen LogP contribution is -2.28. The van der Waals surface area contributed by atoms with Crippen LogP contribution < -0.4 is 10.1 Å². The topological polar surface area (TPSA) is 38.3 Å². The largest absolute Gasteiger partial charge is 0.494 e. The predicted octanol–water partition coefficient (Wildman–Crippen LogP) is 4.71. The van der Waals surface area contributed by atoms with Crippen molar-refractivity contribution in [3.63, 3.8) is 0 Å². The molecule has 2 aromatic carbocycles. The molecular weight excluding hydrogens is 330 g/mol. The molecule has 5 heteroatoms. The number of rotatable bonds is 7. The summed E-state index contributed by atoms with van der Waals surface area (Å²) >= 11 is 7.38. The molecule has 1 amide bonds. The molecule has 0 heterocycles. The quantitative estimate of drug-likeness (QED) is 0.736. The average molecular weight is 350 g/mol. The number of hydrogen-bond donors (Lipinski definition) is 1. The van der Waals surface area contributed by atoms with E-state index in [0.717, 1.165) is 16.2 Å². The predicted molar refractivity (Wildman–Crippen MR) is 96.3 cm³/mol. The third kappa shape index (κ3) is 5.81. The Morgan fingerprint density at radius 1 is 1.17 bits per heavy atom. The van der Waals surface area contributed by atoms with Crippen LogP contribution in [0.15, 0.2) is 53.4 Å². The van der Waals surface area contributed by atoms with Gasteiger partial charge >= 0.3 is 0 Å². The molecule has 23 heavy (non-hydrogen) atoms. The number of thioether (sulfide) groups is 1. The number of ether oxygens (including phenoxy) is 1. The van der Waals surface area contributed by atoms with E-state index < -0.39 is 0 Å². The van der Waals surface area contributed by atoms with E-state index in [0.29, 0.717) is 17.4 Å². The second-order valence-corrected chi connectivity index (χ2v) is 6.52. The van der Waals surface area contributed by atoms with E-state index in [1.807, 2.05) is 62.4 Å². The van der Waals surface area contributed by atoms with Crippen LogP contribution in [0.3, 0.4) is 0 Å². The van der Waals surface area contributed by atoms with Crippen molar-refractivity contribution in [3.8, 4) is 5.75 Å². The lowest BCUT2D eigenvalue weighted by Gasteiger charge is -2.14. The molecule has 0 aromatic heterocycles. The molecule has 0 aliphatic heterocycles. The summed E-state index contributed by atoms with van der Waals surface area (Å²) in [7, 11) is 0. The van der Waals surface area contributed by atoms with Gasteiger partial charge in [0.25, 0.3) is 0 Å². The van der Waals surface area contributed by atoms with Gasteiger partial charge in [-0.3, -0.25) is 4.79 Å². The summed E-state index contributed by atoms with van der Waals surface area (Å²) in [6.45, 7) is 4.56. The Bertz CT molecular complexity index is 628. The summed E-state index contributed by atoms with van der Waals surface area (Å²) in [5.74, 6) is 1.23. The number of carbonyl (C=O) groups excluding carboxylic acids is 1. The highest BCUT2D eigenvalue weighted by Gasteiger charge is 2.10. The van der Waals surface area contributed by atoms with Gasteiger partial charge in [-0.05, 0) is 55.8 Å². The van der Waals surface area contributed by atoms with Crippen molar-refractivity contribution in [2.45, 2.75) is 24.8 Å². The molecule has 1 atom stereocenters. The van der Waals surface area contributed by atoms with Crippen molar-refractivity contribution in [2.24, 2.45) is 0 Å². The first-order valence-corrected chi connectivity index (χ1v) is 8.85. The van der Waals surface area contributed by atoms with Gasteiger partial charge in [-0.2, -0.15) is 0 Å². The van der Waals surface area contributed by atoms with E-state index in [2.05, 4.69) is 5.32 Å². The van der Waals surface area contributed by atoms with Crippen molar-refractivity contribution in [3.05, 3.63) is 59.1 Å². The van der Waals surface area contributed by atoms with Crippen LogP contribution in [-0.4, -0.2) is 18.3 Å². The smallest absolute Gasteiger partial charge is 0.230 e. The molecule has 0 unspecified atom stereocenters. The van der Waals surface area contributed by atoms with Crippen LogP contribution in [-0.2, 0) is 4.79 Å². The van der Waals surface area contributed by atoms with E-state index in [9.17, 15) is 4.79 Å². The highest BCUT2D eigenvalue weighted by molar-refractivity contribution is 8.00. The lowest BCUT2D eigenvalue weighted by molar-refractivity contribution is -0.119. The molecule has 0 spiro atoms. The molecule has 0 aliphatic rings. The van der Waals surface area contributed by atoms with Crippen molar-refractivity contribution < 1.29 is 9.53 Å². The number of halogens is 1. The number of nitrogens with one attached hydrogen (secondary N) is 1. The van der Waals surface area contributed by atoms with Crippen LogP contribution in [0.5, 0.6) is 5.75 Å². The summed E-state index contributed by atoms with van der Waals surface area (Å²) in [5, 5.41) is 3.68. The van der Waals surface area contributed by atoms with E-state index in [1.165, 1.54) is 11.8 Å². The molecule has 0 radical (unpaired) electrons. The van der Waals surface area contributed by atoms with Crippen molar-refractivity contribution in [1.82, 2.24) is 5.32 Å². The second kappa shape index (κ2) is 8.85. The molecule has 1 N–H and O–H groups in total. The summed E-state index contributed by atoms with van der Waals surface area (Å²) in [6, 6.07) is 15.2. The molecule has 0 aliphatic carbocycles. The van der Waals surface area contributed by atoms with Gasteiger partial charge in [0.2, 0.25) is 5.91 Å². The third-order valence-electron chi connectivity index (χ3n) is 3.25. The Morgan fingerprint density at radius 2 is 1.83 bits per heavy atom. The number of amides is 1. The fraction of sp³-hybridized carbons (Fsp3) is 0.278. The van der Waals surface area contributed by atoms with Crippen LogP contribution in [0, 0.1) is 0 Å². The molecule has 0 bridgehead atoms. The van der Waals surface area contributed by atoms with E-state index >= 15 is 0 Å². The molecule has 0 saturated heterocycles. The number of carbonyl (C=O) groups is 1. The maximum absolute atomic E-state index is 12.1. The van der Waals surface area contributed by atoms with Gasteiger partial charge in [-0.25, -0.2) is 0 Å². The molecular formula is C18H20ClNO2S. The maximum Gasteiger partial charge on any atom is 0.230 e. The lowest BCUT2D eigenvalue weighted by atomic mass is 10.1. The SMILES string of the molecule is CCOc1ccc(SCC(=O)N[C@H](C)c2ccc(Cl)cc2)cc1. The summed E-state index contributed by atoms with van der Waals surface area (Å²) in [4.78, 5) is 13.1. The molecule has 3 nitrogen and oxygen atoms in total. The van der Waals surface area contributed by atoms with Gasteiger partial charge in [0.15, 0.2) is 0 Å². The first-order chi connectivity index (χ1) is 11.1. The van der Waals surface area contributed by atoms with Gasteiger partial charge < -0.3 is 10.1 Å². The summed E-state index contributed by atoms with van der Waals surface area (Å²) in [6.07, 6.45) is 0. The van der Waals surface area contributed by atoms with Gasteiger partial charge in [0.05, 0.1) is 18.4 Å². The van der Waals surface area contributed by atoms with E-state index in [4.69, 9.17) is 16.3 Å². The Kier molecular flexibility index (Phi) is 6.81. The number of benzene rings is 2. The standard InChI is InChI=1S/C18H20ClNO2S/c1-3-22-16-8-10-17(11-9-16)23-12-18(21)20-13(2)14-4-6-15(19)7-5-14/h4-11,13H,3,12H2,1-2H3,(H,20,21)/t13-/m1/s1. The van der Waals surface area contributed by atoms with Gasteiger partial charge in [-0.1, -0.05) is 23.7 Å². The Labute approximate surface area is 146 Å². The minimum atomic E-state index is -0.0410. The van der Waals surface area contributed by atoms with Crippen LogP contribution >= 0.6 is 23.4 Å². The summed E-state index contributed by atoms with van der Waals surface area (Å²) in [5.41, 5.74) is 1.04. The molecule has 2 rings (SSSR count). The van der Waals surface area contributed by atoms with Crippen LogP contribution in [0.25, 0.3) is 0 Å². The van der Waals surface area contributed by atoms with Crippen molar-refractivity contribution in [1.29, 1.82) is 0 Å². The first-order valence-electron chi connectivity index (χ1n) is 7.49. The molecule has 0 fully saturated rings. The Balaban J connectivity index is 1.81. The van der Waals surface area contributed by atoms with Gasteiger partial charge in [0.1, 0.15) is 5.75 Å². The highest BCUT2D eigenvalue weighted by atomic mass is 35.5. The van der Waals surface area contributed by atoms with Crippen LogP contribution in [0.2, 0.25) is 5.02 Å². The highest BCUT2D eigenvalue weighted by Crippen LogP contribution is 2.22. The molecule has 122 valence electrons. The second-order valence-electron chi connectivity index (χ2n) is 5.03. The third-order valence-corrected chi connectivity index (χ3v) is 4.52. The van der Waals surface area contributed by atoms with Crippen molar-refractivity contribution >= 4 is 29.3 Å². The Hall–Kier alpha value is -1.65. The molecule has 2 aromatic rings. The average Bonchev–Trinajstić information content (AvgIpc) is 2.55. The molecule has 0 saturated carbocycles. The fourth-order valence-electron chi connectivity index (χ4n) is 2.07. The van der Waals surface area contributed by atoms with E-state index in [1.54, 1.807) is 0 Å². The maximum atomic E-state index is 12.1. The van der Waals surface area contributed by atoms with Gasteiger partial charge in [-0.15, -0.1) is 11.8 Å². The zero-order valence-corrected chi connectivity index (χ0v) is 14.8. The normalized spacial score (nSPS) is 11.8. The van der Waals surface area contributed by atoms with Gasteiger partial charge in [0, 0.05) is 9.92 Å². The minimum absolute atomic E-state index is 0.00587. The number of hydrogen-bond acceptors (Lipinski definition) is 3. The first kappa shape index (κ1) is 17.7. The van der Waals surface area contributed by atoms with Crippen LogP contribution in [0.4, 0.5) is 0 Å². The zero-order valence-electron chi connectivity index (χ0n) is 13.2. The van der Waals surface area contributed by atoms with Crippen molar-refractivity contribution in [2.75, 3.05) is 12.4 Å². The van der Waals surface area contributed by atoms with Crippen LogP contribution in [0.1, 0.15) is 25.5 Å². The van der Waals surface area contributed by atoms with E-state index in [-0.39, 0.29) is 11.9 Å². The fourth-order valence-corrected chi connectivity index (χ4v) is 2.90. The Morgan fingerprint density at radius 3 is 2.43 bits per heavy atom. The monoisotopic (exact) mass is 349 g/mol. The summed E-state index contributed by atoms with van der Waals surface area (Å²) < 4.78 is 5.40.